The topological polar surface area (TPSA) is 50.2 Å². The molecule has 1 aliphatic heterocycles. The number of hydrogen-bond acceptors (Lipinski definition) is 3. The van der Waals surface area contributed by atoms with E-state index in [0.29, 0.717) is 12.2 Å². The number of carbonyl (C=O) groups excluding carboxylic acids is 1. The van der Waals surface area contributed by atoms with Crippen molar-refractivity contribution in [2.24, 2.45) is 0 Å². The molecule has 1 atom stereocenters. The lowest BCUT2D eigenvalue weighted by molar-refractivity contribution is -0.121. The number of anilines is 1. The molecule has 1 unspecified atom stereocenters. The van der Waals surface area contributed by atoms with Crippen LogP contribution in [0.15, 0.2) is 67.0 Å². The number of nitrogens with zero attached hydrogens (tertiary/aromatic N) is 3. The van der Waals surface area contributed by atoms with E-state index < -0.39 is 0 Å². The van der Waals surface area contributed by atoms with E-state index in [0.717, 1.165) is 37.1 Å². The van der Waals surface area contributed by atoms with E-state index in [2.05, 4.69) is 15.3 Å². The molecule has 1 N–H and O–H groups in total. The van der Waals surface area contributed by atoms with E-state index in [-0.39, 0.29) is 17.8 Å². The fourth-order valence-electron chi connectivity index (χ4n) is 3.71. The first-order chi connectivity index (χ1) is 13.7. The van der Waals surface area contributed by atoms with Crippen LogP contribution in [0.3, 0.4) is 0 Å². The van der Waals surface area contributed by atoms with E-state index in [1.54, 1.807) is 23.1 Å². The first-order valence-electron chi connectivity index (χ1n) is 9.56. The first-order valence-corrected chi connectivity index (χ1v) is 9.56. The Morgan fingerprint density at radius 1 is 1.11 bits per heavy atom. The molecule has 3 aromatic rings. The number of nitrogens with one attached hydrogen (secondary N) is 1. The molecule has 1 amide bonds. The zero-order valence-corrected chi connectivity index (χ0v) is 15.6. The number of carbonyl (C=O) groups is 1. The average Bonchev–Trinajstić information content (AvgIpc) is 3.36. The summed E-state index contributed by atoms with van der Waals surface area (Å²) in [7, 11) is 0. The summed E-state index contributed by atoms with van der Waals surface area (Å²) in [5, 5.41) is 7.29. The zero-order valence-electron chi connectivity index (χ0n) is 15.6. The molecule has 2 aromatic carbocycles. The minimum Gasteiger partial charge on any atom is -0.322 e. The predicted octanol–water partition coefficient (Wildman–Crippen LogP) is 3.85. The van der Waals surface area contributed by atoms with Gasteiger partial charge in [0.2, 0.25) is 5.91 Å². The number of halogens is 1. The largest absolute Gasteiger partial charge is 0.322 e. The Hall–Kier alpha value is -2.99. The molecule has 0 saturated carbocycles. The van der Waals surface area contributed by atoms with Crippen LogP contribution in [-0.4, -0.2) is 33.7 Å². The van der Waals surface area contributed by atoms with Gasteiger partial charge in [0.15, 0.2) is 0 Å². The lowest BCUT2D eigenvalue weighted by Crippen LogP contribution is -2.35. The van der Waals surface area contributed by atoms with Crippen molar-refractivity contribution in [3.8, 4) is 0 Å². The molecule has 4 rings (SSSR count). The zero-order chi connectivity index (χ0) is 19.3. The number of likely N-dealkylation sites (tertiary alicyclic amines) is 1. The van der Waals surface area contributed by atoms with Gasteiger partial charge in [-0.3, -0.25) is 14.4 Å². The van der Waals surface area contributed by atoms with E-state index in [4.69, 9.17) is 0 Å². The van der Waals surface area contributed by atoms with Crippen molar-refractivity contribution in [1.82, 2.24) is 14.7 Å². The highest BCUT2D eigenvalue weighted by Gasteiger charge is 2.29. The Morgan fingerprint density at radius 2 is 1.89 bits per heavy atom. The van der Waals surface area contributed by atoms with Crippen LogP contribution >= 0.6 is 0 Å². The summed E-state index contributed by atoms with van der Waals surface area (Å²) >= 11 is 0. The van der Waals surface area contributed by atoms with Gasteiger partial charge in [-0.05, 0) is 49.2 Å². The lowest BCUT2D eigenvalue weighted by Gasteiger charge is -2.26. The Labute approximate surface area is 163 Å². The Morgan fingerprint density at radius 3 is 2.64 bits per heavy atom. The van der Waals surface area contributed by atoms with Gasteiger partial charge in [0, 0.05) is 6.20 Å². The van der Waals surface area contributed by atoms with Crippen LogP contribution in [0.4, 0.5) is 10.1 Å². The van der Waals surface area contributed by atoms with Gasteiger partial charge < -0.3 is 5.32 Å². The molecular weight excluding hydrogens is 355 g/mol. The van der Waals surface area contributed by atoms with Crippen LogP contribution in [0.2, 0.25) is 0 Å². The van der Waals surface area contributed by atoms with Gasteiger partial charge in [0.05, 0.1) is 18.4 Å². The van der Waals surface area contributed by atoms with Crippen molar-refractivity contribution < 1.29 is 9.18 Å². The molecule has 2 heterocycles. The summed E-state index contributed by atoms with van der Waals surface area (Å²) in [6.45, 7) is 2.29. The van der Waals surface area contributed by atoms with E-state index in [9.17, 15) is 9.18 Å². The predicted molar refractivity (Wildman–Crippen MR) is 106 cm³/mol. The van der Waals surface area contributed by atoms with Gasteiger partial charge in [0.1, 0.15) is 11.9 Å². The normalized spacial score (nSPS) is 15.5. The molecule has 6 heteroatoms. The standard InChI is InChI=1S/C22H23FN4O/c23-19-10-6-7-17(13-19)15-27-16-20(14-24-27)25-22(28)21(26-11-4-5-12-26)18-8-2-1-3-9-18/h1-3,6-10,13-14,16,21H,4-5,11-12,15H2,(H,25,28). The van der Waals surface area contributed by atoms with Gasteiger partial charge in [-0.2, -0.15) is 5.10 Å². The van der Waals surface area contributed by atoms with Crippen LogP contribution in [0.1, 0.15) is 30.0 Å². The maximum atomic E-state index is 13.4. The number of amides is 1. The SMILES string of the molecule is O=C(Nc1cnn(Cc2cccc(F)c2)c1)C(c1ccccc1)N1CCCC1. The van der Waals surface area contributed by atoms with Crippen molar-refractivity contribution in [2.45, 2.75) is 25.4 Å². The summed E-state index contributed by atoms with van der Waals surface area (Å²) in [4.78, 5) is 15.3. The summed E-state index contributed by atoms with van der Waals surface area (Å²) in [6.07, 6.45) is 5.63. The van der Waals surface area contributed by atoms with Crippen molar-refractivity contribution in [2.75, 3.05) is 18.4 Å². The van der Waals surface area contributed by atoms with Crippen LogP contribution < -0.4 is 5.32 Å². The molecular formula is C22H23FN4O. The van der Waals surface area contributed by atoms with E-state index in [1.165, 1.54) is 12.1 Å². The molecule has 0 bridgehead atoms. The molecule has 1 fully saturated rings. The monoisotopic (exact) mass is 378 g/mol. The lowest BCUT2D eigenvalue weighted by atomic mass is 10.0. The fourth-order valence-corrected chi connectivity index (χ4v) is 3.71. The minimum atomic E-state index is -0.310. The minimum absolute atomic E-state index is 0.0570. The molecule has 0 aliphatic carbocycles. The fraction of sp³-hybridized carbons (Fsp3) is 0.273. The maximum absolute atomic E-state index is 13.4. The summed E-state index contributed by atoms with van der Waals surface area (Å²) in [6, 6.07) is 16.0. The van der Waals surface area contributed by atoms with Crippen LogP contribution in [0, 0.1) is 5.82 Å². The molecule has 0 radical (unpaired) electrons. The molecule has 1 saturated heterocycles. The van der Waals surface area contributed by atoms with Gasteiger partial charge in [-0.15, -0.1) is 0 Å². The maximum Gasteiger partial charge on any atom is 0.246 e. The Kier molecular flexibility index (Phi) is 5.48. The third-order valence-electron chi connectivity index (χ3n) is 5.00. The van der Waals surface area contributed by atoms with E-state index in [1.807, 2.05) is 36.4 Å². The van der Waals surface area contributed by atoms with Gasteiger partial charge in [-0.1, -0.05) is 42.5 Å². The molecule has 1 aliphatic rings. The van der Waals surface area contributed by atoms with Crippen LogP contribution in [0.25, 0.3) is 0 Å². The molecule has 0 spiro atoms. The van der Waals surface area contributed by atoms with Gasteiger partial charge >= 0.3 is 0 Å². The smallest absolute Gasteiger partial charge is 0.246 e. The first kappa shape index (κ1) is 18.4. The van der Waals surface area contributed by atoms with E-state index >= 15 is 0 Å². The highest BCUT2D eigenvalue weighted by Crippen LogP contribution is 2.26. The molecule has 5 nitrogen and oxygen atoms in total. The number of benzene rings is 2. The average molecular weight is 378 g/mol. The number of hydrogen-bond donors (Lipinski definition) is 1. The highest BCUT2D eigenvalue weighted by molar-refractivity contribution is 5.95. The summed E-state index contributed by atoms with van der Waals surface area (Å²) in [5.41, 5.74) is 2.45. The second-order valence-corrected chi connectivity index (χ2v) is 7.10. The van der Waals surface area contributed by atoms with Gasteiger partial charge in [-0.25, -0.2) is 4.39 Å². The second kappa shape index (κ2) is 8.35. The Balaban J connectivity index is 1.48. The van der Waals surface area contributed by atoms with Crippen LogP contribution in [-0.2, 0) is 11.3 Å². The van der Waals surface area contributed by atoms with Crippen molar-refractivity contribution in [3.05, 3.63) is 83.9 Å². The highest BCUT2D eigenvalue weighted by atomic mass is 19.1. The van der Waals surface area contributed by atoms with Gasteiger partial charge in [0.25, 0.3) is 0 Å². The Bertz CT molecular complexity index is 934. The number of aromatic nitrogens is 2. The summed E-state index contributed by atoms with van der Waals surface area (Å²) < 4.78 is 15.0. The molecule has 28 heavy (non-hydrogen) atoms. The molecule has 1 aromatic heterocycles. The quantitative estimate of drug-likeness (QED) is 0.709. The third-order valence-corrected chi connectivity index (χ3v) is 5.00. The molecule has 144 valence electrons. The van der Waals surface area contributed by atoms with Crippen molar-refractivity contribution >= 4 is 11.6 Å². The number of rotatable bonds is 6. The third kappa shape index (κ3) is 4.28. The van der Waals surface area contributed by atoms with Crippen LogP contribution in [0.5, 0.6) is 0 Å². The van der Waals surface area contributed by atoms with Crippen molar-refractivity contribution in [3.63, 3.8) is 0 Å². The summed E-state index contributed by atoms with van der Waals surface area (Å²) in [5.74, 6) is -0.326. The van der Waals surface area contributed by atoms with Crippen molar-refractivity contribution in [1.29, 1.82) is 0 Å². The second-order valence-electron chi connectivity index (χ2n) is 7.10.